The van der Waals surface area contributed by atoms with Crippen molar-refractivity contribution >= 4 is 12.2 Å². The van der Waals surface area contributed by atoms with Crippen LogP contribution in [0.25, 0.3) is 0 Å². The van der Waals surface area contributed by atoms with Crippen LogP contribution in [0.2, 0.25) is 0 Å². The summed E-state index contributed by atoms with van der Waals surface area (Å²) in [5.41, 5.74) is 2.66. The number of aromatic nitrogens is 3. The molecule has 0 aliphatic carbocycles. The fraction of sp³-hybridized carbons (Fsp3) is 0.467. The fourth-order valence-corrected chi connectivity index (χ4v) is 2.45. The highest BCUT2D eigenvalue weighted by Crippen LogP contribution is 2.23. The van der Waals surface area contributed by atoms with E-state index < -0.39 is 0 Å². The Morgan fingerprint density at radius 3 is 2.32 bits per heavy atom. The monoisotopic (exact) mass is 275 g/mol. The van der Waals surface area contributed by atoms with Gasteiger partial charge in [0.2, 0.25) is 0 Å². The van der Waals surface area contributed by atoms with Crippen molar-refractivity contribution in [3.63, 3.8) is 0 Å². The van der Waals surface area contributed by atoms with E-state index in [0.717, 1.165) is 12.2 Å². The molecule has 0 bridgehead atoms. The Bertz CT molecular complexity index is 593. The lowest BCUT2D eigenvalue weighted by Gasteiger charge is -2.12. The minimum atomic E-state index is 0.242. The summed E-state index contributed by atoms with van der Waals surface area (Å²) in [6.45, 7) is 6.64. The van der Waals surface area contributed by atoms with Crippen LogP contribution >= 0.6 is 12.2 Å². The predicted octanol–water partition coefficient (Wildman–Crippen LogP) is 3.83. The van der Waals surface area contributed by atoms with Crippen LogP contribution < -0.4 is 0 Å². The van der Waals surface area contributed by atoms with Crippen molar-refractivity contribution in [2.24, 2.45) is 13.0 Å². The Hall–Kier alpha value is -1.42. The number of rotatable bonds is 4. The third kappa shape index (κ3) is 3.13. The lowest BCUT2D eigenvalue weighted by Crippen LogP contribution is -2.05. The van der Waals surface area contributed by atoms with Crippen molar-refractivity contribution in [1.82, 2.24) is 14.8 Å². The molecular formula is C15H21N3S. The maximum Gasteiger partial charge on any atom is 0.194 e. The highest BCUT2D eigenvalue weighted by Gasteiger charge is 2.14. The molecule has 1 aromatic carbocycles. The van der Waals surface area contributed by atoms with E-state index in [2.05, 4.69) is 55.2 Å². The van der Waals surface area contributed by atoms with Gasteiger partial charge in [0, 0.05) is 13.0 Å². The third-order valence-corrected chi connectivity index (χ3v) is 3.79. The first-order valence-electron chi connectivity index (χ1n) is 6.69. The Balaban J connectivity index is 2.22. The topological polar surface area (TPSA) is 33.6 Å². The normalized spacial score (nSPS) is 12.9. The van der Waals surface area contributed by atoms with Crippen molar-refractivity contribution < 1.29 is 0 Å². The molecule has 1 aromatic heterocycles. The largest absolute Gasteiger partial charge is 0.307 e. The van der Waals surface area contributed by atoms with Crippen LogP contribution in [0.1, 0.15) is 43.6 Å². The highest BCUT2D eigenvalue weighted by molar-refractivity contribution is 7.71. The zero-order chi connectivity index (χ0) is 14.0. The van der Waals surface area contributed by atoms with E-state index in [4.69, 9.17) is 12.2 Å². The third-order valence-electron chi connectivity index (χ3n) is 3.43. The van der Waals surface area contributed by atoms with Crippen LogP contribution in [0.15, 0.2) is 24.3 Å². The van der Waals surface area contributed by atoms with Gasteiger partial charge in [-0.25, -0.2) is 0 Å². The summed E-state index contributed by atoms with van der Waals surface area (Å²) in [5.74, 6) is 1.91. The van der Waals surface area contributed by atoms with E-state index >= 15 is 0 Å². The molecule has 0 radical (unpaired) electrons. The molecule has 0 fully saturated rings. The first kappa shape index (κ1) is 14.0. The number of H-pyrrole nitrogens is 1. The second kappa shape index (κ2) is 5.70. The Morgan fingerprint density at radius 1 is 1.21 bits per heavy atom. The van der Waals surface area contributed by atoms with E-state index in [0.29, 0.717) is 10.7 Å². The molecule has 1 N–H and O–H groups in total. The highest BCUT2D eigenvalue weighted by atomic mass is 32.1. The van der Waals surface area contributed by atoms with E-state index in [1.54, 1.807) is 0 Å². The fourth-order valence-electron chi connectivity index (χ4n) is 2.31. The van der Waals surface area contributed by atoms with Gasteiger partial charge in [-0.1, -0.05) is 45.0 Å². The predicted molar refractivity (Wildman–Crippen MR) is 80.9 cm³/mol. The molecule has 102 valence electrons. The maximum absolute atomic E-state index is 5.16. The van der Waals surface area contributed by atoms with Crippen LogP contribution in [-0.4, -0.2) is 14.8 Å². The molecule has 0 aliphatic rings. The van der Waals surface area contributed by atoms with Gasteiger partial charge in [0.15, 0.2) is 4.77 Å². The molecule has 4 heteroatoms. The summed E-state index contributed by atoms with van der Waals surface area (Å²) in [7, 11) is 1.95. The smallest absolute Gasteiger partial charge is 0.194 e. The molecule has 0 amide bonds. The Morgan fingerprint density at radius 2 is 1.84 bits per heavy atom. The van der Waals surface area contributed by atoms with Crippen molar-refractivity contribution in [2.75, 3.05) is 0 Å². The molecule has 2 aromatic rings. The number of hydrogen-bond donors (Lipinski definition) is 1. The molecule has 0 aliphatic heterocycles. The van der Waals surface area contributed by atoms with Gasteiger partial charge < -0.3 is 4.57 Å². The van der Waals surface area contributed by atoms with Crippen molar-refractivity contribution in [1.29, 1.82) is 0 Å². The quantitative estimate of drug-likeness (QED) is 0.860. The molecule has 2 rings (SSSR count). The number of aromatic amines is 1. The van der Waals surface area contributed by atoms with E-state index in [-0.39, 0.29) is 5.92 Å². The average molecular weight is 275 g/mol. The van der Waals surface area contributed by atoms with Crippen molar-refractivity contribution in [3.8, 4) is 0 Å². The first-order valence-corrected chi connectivity index (χ1v) is 7.10. The standard InChI is InChI=1S/C15H21N3S/c1-10(2)9-12-5-7-13(8-6-12)11(3)14-16-17-15(19)18(14)4/h5-8,10-11H,9H2,1-4H3,(H,17,19). The van der Waals surface area contributed by atoms with Crippen LogP contribution in [0.5, 0.6) is 0 Å². The average Bonchev–Trinajstić information content (AvgIpc) is 2.69. The summed E-state index contributed by atoms with van der Waals surface area (Å²) in [5, 5.41) is 7.15. The summed E-state index contributed by atoms with van der Waals surface area (Å²) >= 11 is 5.16. The minimum absolute atomic E-state index is 0.242. The number of nitrogens with zero attached hydrogens (tertiary/aromatic N) is 2. The summed E-state index contributed by atoms with van der Waals surface area (Å²) in [6.07, 6.45) is 1.13. The molecule has 0 spiro atoms. The van der Waals surface area contributed by atoms with E-state index in [9.17, 15) is 0 Å². The molecule has 0 saturated carbocycles. The van der Waals surface area contributed by atoms with Gasteiger partial charge in [-0.05, 0) is 35.7 Å². The van der Waals surface area contributed by atoms with E-state index in [1.807, 2.05) is 11.6 Å². The SMILES string of the molecule is CC(C)Cc1ccc(C(C)c2n[nH]c(=S)n2C)cc1. The van der Waals surface area contributed by atoms with Gasteiger partial charge in [0.05, 0.1) is 0 Å². The number of hydrogen-bond acceptors (Lipinski definition) is 2. The molecule has 1 unspecified atom stereocenters. The number of benzene rings is 1. The summed E-state index contributed by atoms with van der Waals surface area (Å²) in [4.78, 5) is 0. The zero-order valence-electron chi connectivity index (χ0n) is 12.0. The van der Waals surface area contributed by atoms with Gasteiger partial charge in [-0.2, -0.15) is 5.10 Å². The molecule has 1 heterocycles. The van der Waals surface area contributed by atoms with Crippen LogP contribution in [0, 0.1) is 10.7 Å². The Kier molecular flexibility index (Phi) is 4.20. The van der Waals surface area contributed by atoms with Gasteiger partial charge in [-0.3, -0.25) is 5.10 Å². The summed E-state index contributed by atoms with van der Waals surface area (Å²) < 4.78 is 2.60. The van der Waals surface area contributed by atoms with Gasteiger partial charge in [-0.15, -0.1) is 0 Å². The van der Waals surface area contributed by atoms with Gasteiger partial charge >= 0.3 is 0 Å². The lowest BCUT2D eigenvalue weighted by molar-refractivity contribution is 0.646. The van der Waals surface area contributed by atoms with Crippen LogP contribution in [0.4, 0.5) is 0 Å². The molecular weight excluding hydrogens is 254 g/mol. The summed E-state index contributed by atoms with van der Waals surface area (Å²) in [6, 6.07) is 8.82. The second-order valence-electron chi connectivity index (χ2n) is 5.51. The zero-order valence-corrected chi connectivity index (χ0v) is 12.8. The first-order chi connectivity index (χ1) is 8.99. The lowest BCUT2D eigenvalue weighted by atomic mass is 9.96. The number of nitrogens with one attached hydrogen (secondary N) is 1. The maximum atomic E-state index is 5.16. The molecule has 0 saturated heterocycles. The molecule has 3 nitrogen and oxygen atoms in total. The molecule has 19 heavy (non-hydrogen) atoms. The minimum Gasteiger partial charge on any atom is -0.307 e. The van der Waals surface area contributed by atoms with Gasteiger partial charge in [0.25, 0.3) is 0 Å². The second-order valence-corrected chi connectivity index (χ2v) is 5.89. The van der Waals surface area contributed by atoms with Crippen molar-refractivity contribution in [2.45, 2.75) is 33.1 Å². The van der Waals surface area contributed by atoms with Crippen molar-refractivity contribution in [3.05, 3.63) is 46.0 Å². The van der Waals surface area contributed by atoms with Crippen LogP contribution in [0.3, 0.4) is 0 Å². The molecule has 1 atom stereocenters. The van der Waals surface area contributed by atoms with Gasteiger partial charge in [0.1, 0.15) is 5.82 Å². The van der Waals surface area contributed by atoms with E-state index in [1.165, 1.54) is 11.1 Å². The Labute approximate surface area is 119 Å². The van der Waals surface area contributed by atoms with Crippen LogP contribution in [-0.2, 0) is 13.5 Å².